The number of esters is 1. The van der Waals surface area contributed by atoms with Gasteiger partial charge in [0.15, 0.2) is 6.23 Å². The van der Waals surface area contributed by atoms with E-state index in [1.54, 1.807) is 0 Å². The molecular weight excluding hydrogens is 330 g/mol. The second-order valence-corrected chi connectivity index (χ2v) is 8.34. The van der Waals surface area contributed by atoms with Crippen LogP contribution in [-0.4, -0.2) is 29.2 Å². The minimum atomic E-state index is -1.72. The molecule has 1 amide bonds. The number of ether oxygens (including phenoxy) is 2. The van der Waals surface area contributed by atoms with Gasteiger partial charge in [-0.1, -0.05) is 76.8 Å². The van der Waals surface area contributed by atoms with Gasteiger partial charge in [0.1, 0.15) is 12.6 Å². The van der Waals surface area contributed by atoms with E-state index in [0.717, 1.165) is 31.2 Å². The Kier molecular flexibility index (Phi) is 5.14. The molecule has 1 aliphatic carbocycles. The highest BCUT2D eigenvalue weighted by Gasteiger charge is 2.51. The van der Waals surface area contributed by atoms with Gasteiger partial charge in [-0.3, -0.25) is 4.90 Å². The number of hydrogen-bond acceptors (Lipinski definition) is 4. The van der Waals surface area contributed by atoms with Gasteiger partial charge in [0.2, 0.25) is 0 Å². The lowest BCUT2D eigenvalue weighted by Gasteiger charge is -2.34. The highest BCUT2D eigenvalue weighted by molar-refractivity contribution is 5.84. The molecule has 2 fully saturated rings. The summed E-state index contributed by atoms with van der Waals surface area (Å²) in [5, 5.41) is 0. The number of amides is 1. The molecule has 3 rings (SSSR count). The van der Waals surface area contributed by atoms with Crippen LogP contribution in [0.1, 0.15) is 59.8 Å². The summed E-state index contributed by atoms with van der Waals surface area (Å²) in [5.41, 5.74) is 0.343. The maximum absolute atomic E-state index is 13.0. The highest BCUT2D eigenvalue weighted by Crippen LogP contribution is 2.38. The Balaban J connectivity index is 1.82. The maximum atomic E-state index is 13.0. The molecule has 1 heterocycles. The van der Waals surface area contributed by atoms with E-state index in [9.17, 15) is 9.59 Å². The third-order valence-corrected chi connectivity index (χ3v) is 5.08. The summed E-state index contributed by atoms with van der Waals surface area (Å²) in [4.78, 5) is 26.9. The molecule has 0 radical (unpaired) electrons. The van der Waals surface area contributed by atoms with Gasteiger partial charge in [-0.05, 0) is 17.9 Å². The molecule has 2 atom stereocenters. The van der Waals surface area contributed by atoms with Crippen molar-refractivity contribution in [2.24, 2.45) is 11.3 Å². The molecule has 1 aromatic rings. The summed E-state index contributed by atoms with van der Waals surface area (Å²) >= 11 is 0. The van der Waals surface area contributed by atoms with Crippen molar-refractivity contribution in [1.82, 2.24) is 4.90 Å². The van der Waals surface area contributed by atoms with Crippen LogP contribution in [0, 0.1) is 11.3 Å². The van der Waals surface area contributed by atoms with E-state index in [2.05, 4.69) is 0 Å². The first kappa shape index (κ1) is 17.4. The van der Waals surface area contributed by atoms with Gasteiger partial charge in [0.25, 0.3) is 0 Å². The normalized spacial score (nSPS) is 27.3. The molecule has 26 heavy (non-hydrogen) atoms. The number of benzene rings is 1. The molecule has 2 aliphatic rings. The molecule has 5 nitrogen and oxygen atoms in total. The van der Waals surface area contributed by atoms with E-state index >= 15 is 0 Å². The van der Waals surface area contributed by atoms with Gasteiger partial charge in [-0.15, -0.1) is 0 Å². The van der Waals surface area contributed by atoms with Crippen LogP contribution < -0.4 is 0 Å². The third kappa shape index (κ3) is 4.19. The Bertz CT molecular complexity index is 681. The smallest absolute Gasteiger partial charge is 0.413 e. The second kappa shape index (κ2) is 7.68. The Morgan fingerprint density at radius 3 is 2.54 bits per heavy atom. The molecule has 5 heteroatoms. The van der Waals surface area contributed by atoms with Crippen LogP contribution in [-0.2, 0) is 20.9 Å². The van der Waals surface area contributed by atoms with Crippen molar-refractivity contribution in [3.63, 3.8) is 0 Å². The van der Waals surface area contributed by atoms with E-state index < -0.39 is 29.7 Å². The maximum Gasteiger partial charge on any atom is 0.413 e. The summed E-state index contributed by atoms with van der Waals surface area (Å²) in [7, 11) is 0. The van der Waals surface area contributed by atoms with Crippen LogP contribution in [0.2, 0.25) is 0 Å². The largest absolute Gasteiger partial charge is 0.444 e. The minimum absolute atomic E-state index is 0.0980. The summed E-state index contributed by atoms with van der Waals surface area (Å²) in [6.45, 7) is 5.78. The third-order valence-electron chi connectivity index (χ3n) is 5.08. The van der Waals surface area contributed by atoms with E-state index in [1.165, 1.54) is 4.90 Å². The predicted octanol–water partition coefficient (Wildman–Crippen LogP) is 4.50. The summed E-state index contributed by atoms with van der Waals surface area (Å²) in [6.07, 6.45) is 3.01. The molecule has 0 aromatic heterocycles. The first-order valence-corrected chi connectivity index (χ1v) is 9.43. The van der Waals surface area contributed by atoms with Crippen molar-refractivity contribution in [2.75, 3.05) is 0 Å². The van der Waals surface area contributed by atoms with Crippen LogP contribution in [0.4, 0.5) is 4.79 Å². The number of rotatable bonds is 4. The molecule has 1 saturated carbocycles. The van der Waals surface area contributed by atoms with Crippen molar-refractivity contribution in [2.45, 2.75) is 71.7 Å². The highest BCUT2D eigenvalue weighted by atomic mass is 16.6. The molecule has 0 spiro atoms. The fourth-order valence-corrected chi connectivity index (χ4v) is 3.69. The number of hydrogen-bond donors (Lipinski definition) is 0. The van der Waals surface area contributed by atoms with Crippen molar-refractivity contribution >= 4 is 12.1 Å². The van der Waals surface area contributed by atoms with Crippen molar-refractivity contribution in [1.29, 1.82) is 0 Å². The SMILES string of the molecule is [2H][C@]1(CC2CCCC2)C(=O)O[C@@H](C(C)(C)C)N1C(=O)OCc1ccccc1. The van der Waals surface area contributed by atoms with E-state index in [4.69, 9.17) is 10.8 Å². The minimum Gasteiger partial charge on any atom is -0.444 e. The quantitative estimate of drug-likeness (QED) is 0.742. The molecule has 0 bridgehead atoms. The van der Waals surface area contributed by atoms with Crippen molar-refractivity contribution < 1.29 is 20.4 Å². The topological polar surface area (TPSA) is 55.8 Å². The van der Waals surface area contributed by atoms with Crippen LogP contribution >= 0.6 is 0 Å². The first-order valence-electron chi connectivity index (χ1n) is 9.93. The predicted molar refractivity (Wildman–Crippen MR) is 98.2 cm³/mol. The van der Waals surface area contributed by atoms with Crippen LogP contribution in [0.25, 0.3) is 0 Å². The van der Waals surface area contributed by atoms with Gasteiger partial charge < -0.3 is 9.47 Å². The molecule has 1 saturated heterocycles. The zero-order valence-electron chi connectivity index (χ0n) is 16.9. The zero-order valence-corrected chi connectivity index (χ0v) is 15.9. The van der Waals surface area contributed by atoms with Crippen LogP contribution in [0.3, 0.4) is 0 Å². The second-order valence-electron chi connectivity index (χ2n) is 8.34. The van der Waals surface area contributed by atoms with Gasteiger partial charge in [-0.25, -0.2) is 9.59 Å². The number of cyclic esters (lactones) is 1. The fraction of sp³-hybridized carbons (Fsp3) is 0.619. The lowest BCUT2D eigenvalue weighted by molar-refractivity contribution is -0.147. The number of carbonyl (C=O) groups excluding carboxylic acids is 2. The molecule has 0 N–H and O–H groups in total. The molecular formula is C21H29NO4. The van der Waals surface area contributed by atoms with E-state index in [0.29, 0.717) is 6.42 Å². The van der Waals surface area contributed by atoms with Gasteiger partial charge in [0, 0.05) is 5.41 Å². The fourth-order valence-electron chi connectivity index (χ4n) is 3.69. The number of nitrogens with zero attached hydrogens (tertiary/aromatic N) is 1. The van der Waals surface area contributed by atoms with Gasteiger partial charge in [0.05, 0.1) is 1.37 Å². The zero-order chi connectivity index (χ0) is 19.7. The average molecular weight is 360 g/mol. The lowest BCUT2D eigenvalue weighted by Crippen LogP contribution is -2.48. The molecule has 142 valence electrons. The Hall–Kier alpha value is -2.04. The summed E-state index contributed by atoms with van der Waals surface area (Å²) in [6, 6.07) is 7.65. The lowest BCUT2D eigenvalue weighted by atomic mass is 9.92. The van der Waals surface area contributed by atoms with E-state index in [-0.39, 0.29) is 12.5 Å². The molecule has 0 unspecified atom stereocenters. The van der Waals surface area contributed by atoms with Gasteiger partial charge >= 0.3 is 12.1 Å². The van der Waals surface area contributed by atoms with Crippen molar-refractivity contribution in [3.8, 4) is 0 Å². The van der Waals surface area contributed by atoms with Crippen LogP contribution in [0.15, 0.2) is 30.3 Å². The van der Waals surface area contributed by atoms with Gasteiger partial charge in [-0.2, -0.15) is 0 Å². The first-order chi connectivity index (χ1) is 12.7. The van der Waals surface area contributed by atoms with Crippen molar-refractivity contribution in [3.05, 3.63) is 35.9 Å². The summed E-state index contributed by atoms with van der Waals surface area (Å²) < 4.78 is 19.9. The number of carbonyl (C=O) groups is 2. The molecule has 1 aromatic carbocycles. The Labute approximate surface area is 157 Å². The Morgan fingerprint density at radius 2 is 1.92 bits per heavy atom. The monoisotopic (exact) mass is 360 g/mol. The standard InChI is InChI=1S/C21H29NO4/c1-21(2,3)19-22(20(24)25-14-16-11-5-4-6-12-16)17(18(23)26-19)13-15-9-7-8-10-15/h4-6,11-12,15,17,19H,7-10,13-14H2,1-3H3/t17-,19-/m0/s1/i17D. The average Bonchev–Trinajstić information content (AvgIpc) is 3.20. The van der Waals surface area contributed by atoms with E-state index in [1.807, 2.05) is 51.1 Å². The Morgan fingerprint density at radius 1 is 1.27 bits per heavy atom. The summed E-state index contributed by atoms with van der Waals surface area (Å²) in [5.74, 6) is -0.385. The van der Waals surface area contributed by atoms with Crippen LogP contribution in [0.5, 0.6) is 0 Å². The molecule has 1 aliphatic heterocycles.